The van der Waals surface area contributed by atoms with Crippen molar-refractivity contribution in [3.63, 3.8) is 0 Å². The van der Waals surface area contributed by atoms with E-state index in [4.69, 9.17) is 10.5 Å². The number of aliphatic hydroxyl groups excluding tert-OH is 1. The van der Waals surface area contributed by atoms with Crippen LogP contribution in [0.5, 0.6) is 0 Å². The maximum atomic E-state index is 8.92. The minimum atomic E-state index is -0.0465. The van der Waals surface area contributed by atoms with Gasteiger partial charge in [0.1, 0.15) is 5.84 Å². The highest BCUT2D eigenvalue weighted by molar-refractivity contribution is 6.08. The third-order valence-corrected chi connectivity index (χ3v) is 2.61. The minimum Gasteiger partial charge on any atom is -0.390 e. The highest BCUT2D eigenvalue weighted by Gasteiger charge is 2.11. The third kappa shape index (κ3) is 2.72. The van der Waals surface area contributed by atoms with Crippen molar-refractivity contribution in [1.82, 2.24) is 5.43 Å². The lowest BCUT2D eigenvalue weighted by molar-refractivity contribution is 0.356. The van der Waals surface area contributed by atoms with Gasteiger partial charge >= 0.3 is 0 Å². The van der Waals surface area contributed by atoms with Gasteiger partial charge in [-0.1, -0.05) is 0 Å². The molecule has 0 bridgehead atoms. The van der Waals surface area contributed by atoms with Crippen LogP contribution in [0.3, 0.4) is 0 Å². The van der Waals surface area contributed by atoms with Gasteiger partial charge in [0.05, 0.1) is 24.3 Å². The van der Waals surface area contributed by atoms with Crippen LogP contribution in [0.2, 0.25) is 0 Å². The number of nitrogens with one attached hydrogen (secondary N) is 2. The summed E-state index contributed by atoms with van der Waals surface area (Å²) >= 11 is 0. The predicted octanol–water partition coefficient (Wildman–Crippen LogP) is 1.10. The maximum absolute atomic E-state index is 8.92. The van der Waals surface area contributed by atoms with Gasteiger partial charge < -0.3 is 10.0 Å². The molecule has 0 amide bonds. The molecule has 6 nitrogen and oxygen atoms in total. The molecule has 0 aromatic heterocycles. The average Bonchev–Trinajstić information content (AvgIpc) is 2.86. The van der Waals surface area contributed by atoms with Crippen LogP contribution in [0.25, 0.3) is 0 Å². The summed E-state index contributed by atoms with van der Waals surface area (Å²) in [6.45, 7) is -0.0465. The Balaban J connectivity index is 2.07. The van der Waals surface area contributed by atoms with Gasteiger partial charge in [-0.05, 0) is 24.3 Å². The fourth-order valence-corrected chi connectivity index (χ4v) is 1.56. The number of hydrogen-bond acceptors (Lipinski definition) is 4. The largest absolute Gasteiger partial charge is 0.390 e. The van der Waals surface area contributed by atoms with Crippen molar-refractivity contribution >= 4 is 29.3 Å². The van der Waals surface area contributed by atoms with E-state index in [2.05, 4.69) is 15.5 Å². The number of nitrogens with zero attached hydrogens (tertiary/aromatic N) is 3. The monoisotopic (exact) mass is 245 g/mol. The van der Waals surface area contributed by atoms with E-state index in [1.54, 1.807) is 4.90 Å². The molecule has 0 saturated carbocycles. The van der Waals surface area contributed by atoms with Crippen molar-refractivity contribution in [2.75, 3.05) is 18.6 Å². The maximum Gasteiger partial charge on any atom is 0.128 e. The first-order valence-electron chi connectivity index (χ1n) is 5.56. The summed E-state index contributed by atoms with van der Waals surface area (Å²) in [6.07, 6.45) is 1.81. The van der Waals surface area contributed by atoms with Gasteiger partial charge in [0.25, 0.3) is 0 Å². The molecule has 1 aliphatic rings. The van der Waals surface area contributed by atoms with Crippen LogP contribution in [0, 0.1) is 5.41 Å². The van der Waals surface area contributed by atoms with Gasteiger partial charge in [-0.2, -0.15) is 5.10 Å². The molecular formula is C12H15N5O. The topological polar surface area (TPSA) is 84.1 Å². The van der Waals surface area contributed by atoms with E-state index >= 15 is 0 Å². The number of anilines is 1. The average molecular weight is 245 g/mol. The first-order valence-corrected chi connectivity index (χ1v) is 5.56. The summed E-state index contributed by atoms with van der Waals surface area (Å²) < 4.78 is 0. The van der Waals surface area contributed by atoms with Gasteiger partial charge in [0, 0.05) is 19.2 Å². The molecular weight excluding hydrogens is 230 g/mol. The zero-order chi connectivity index (χ0) is 13.0. The lowest BCUT2D eigenvalue weighted by atomic mass is 10.2. The van der Waals surface area contributed by atoms with E-state index in [-0.39, 0.29) is 6.61 Å². The highest BCUT2D eigenvalue weighted by Crippen LogP contribution is 2.19. The summed E-state index contributed by atoms with van der Waals surface area (Å²) in [5.41, 5.74) is 5.22. The summed E-state index contributed by atoms with van der Waals surface area (Å²) in [4.78, 5) is 6.09. The molecule has 6 heteroatoms. The van der Waals surface area contributed by atoms with Crippen LogP contribution in [0.15, 0.2) is 34.4 Å². The molecule has 18 heavy (non-hydrogen) atoms. The molecule has 1 aromatic rings. The first kappa shape index (κ1) is 12.3. The fraction of sp³-hybridized carbons (Fsp3) is 0.250. The van der Waals surface area contributed by atoms with Gasteiger partial charge in [-0.15, -0.1) is 0 Å². The Hall–Kier alpha value is -2.21. The van der Waals surface area contributed by atoms with Gasteiger partial charge in [-0.3, -0.25) is 10.8 Å². The lowest BCUT2D eigenvalue weighted by Crippen LogP contribution is -2.12. The van der Waals surface area contributed by atoms with Crippen LogP contribution in [0.1, 0.15) is 6.42 Å². The van der Waals surface area contributed by atoms with Crippen molar-refractivity contribution < 1.29 is 5.11 Å². The van der Waals surface area contributed by atoms with E-state index in [1.807, 2.05) is 31.3 Å². The van der Waals surface area contributed by atoms with Crippen molar-refractivity contribution in [3.8, 4) is 0 Å². The van der Waals surface area contributed by atoms with E-state index in [1.165, 1.54) is 6.34 Å². The molecule has 0 saturated heterocycles. The molecule has 1 heterocycles. The van der Waals surface area contributed by atoms with Gasteiger partial charge in [-0.25, -0.2) is 4.99 Å². The van der Waals surface area contributed by atoms with Gasteiger partial charge in [0.2, 0.25) is 0 Å². The van der Waals surface area contributed by atoms with Crippen molar-refractivity contribution in [3.05, 3.63) is 24.3 Å². The van der Waals surface area contributed by atoms with Crippen molar-refractivity contribution in [1.29, 1.82) is 5.41 Å². The van der Waals surface area contributed by atoms with Crippen molar-refractivity contribution in [2.45, 2.75) is 6.42 Å². The Morgan fingerprint density at radius 2 is 2.22 bits per heavy atom. The Labute approximate surface area is 105 Å². The molecule has 0 spiro atoms. The smallest absolute Gasteiger partial charge is 0.128 e. The zero-order valence-corrected chi connectivity index (χ0v) is 10.1. The van der Waals surface area contributed by atoms with Crippen LogP contribution < -0.4 is 10.3 Å². The molecule has 3 N–H and O–H groups in total. The molecule has 0 radical (unpaired) electrons. The Morgan fingerprint density at radius 1 is 1.50 bits per heavy atom. The van der Waals surface area contributed by atoms with E-state index in [9.17, 15) is 0 Å². The van der Waals surface area contributed by atoms with Crippen LogP contribution in [-0.2, 0) is 0 Å². The number of benzene rings is 1. The number of rotatable bonds is 4. The number of hydrazone groups is 1. The second kappa shape index (κ2) is 5.42. The number of aliphatic imine (C=N–C) groups is 1. The predicted molar refractivity (Wildman–Crippen MR) is 73.0 cm³/mol. The summed E-state index contributed by atoms with van der Waals surface area (Å²) in [5.74, 6) is 0.729. The standard InChI is InChI=1S/C12H15N5O/c1-17(8-13)11-4-2-9(3-5-11)14-12-6-10(7-18)15-16-12/h2-5,8,13,18H,6-7H2,1H3,(H,14,16). The number of hydrogen-bond donors (Lipinski definition) is 3. The highest BCUT2D eigenvalue weighted by atomic mass is 16.3. The zero-order valence-electron chi connectivity index (χ0n) is 10.1. The van der Waals surface area contributed by atoms with Crippen molar-refractivity contribution in [2.24, 2.45) is 10.1 Å². The fourth-order valence-electron chi connectivity index (χ4n) is 1.56. The van der Waals surface area contributed by atoms with Gasteiger partial charge in [0.15, 0.2) is 0 Å². The molecule has 0 fully saturated rings. The lowest BCUT2D eigenvalue weighted by Gasteiger charge is -2.11. The van der Waals surface area contributed by atoms with Crippen LogP contribution in [-0.4, -0.2) is 36.6 Å². The molecule has 1 aromatic carbocycles. The summed E-state index contributed by atoms with van der Waals surface area (Å²) in [6, 6.07) is 7.54. The van der Waals surface area contributed by atoms with E-state index in [0.29, 0.717) is 12.1 Å². The second-order valence-corrected chi connectivity index (χ2v) is 3.94. The molecule has 0 aliphatic carbocycles. The molecule has 2 rings (SSSR count). The molecule has 0 unspecified atom stereocenters. The molecule has 0 atom stereocenters. The summed E-state index contributed by atoms with van der Waals surface area (Å²) in [7, 11) is 1.81. The molecule has 1 aliphatic heterocycles. The Bertz CT molecular complexity index is 492. The summed E-state index contributed by atoms with van der Waals surface area (Å²) in [5, 5.41) is 20.0. The van der Waals surface area contributed by atoms with Crippen LogP contribution in [0.4, 0.5) is 11.4 Å². The third-order valence-electron chi connectivity index (χ3n) is 2.61. The Morgan fingerprint density at radius 3 is 2.78 bits per heavy atom. The number of aliphatic hydroxyl groups is 1. The normalized spacial score (nSPS) is 16.3. The van der Waals surface area contributed by atoms with E-state index in [0.717, 1.165) is 17.2 Å². The van der Waals surface area contributed by atoms with E-state index < -0.39 is 0 Å². The molecule has 94 valence electrons. The second-order valence-electron chi connectivity index (χ2n) is 3.94. The Kier molecular flexibility index (Phi) is 3.69. The minimum absolute atomic E-state index is 0.0465. The van der Waals surface area contributed by atoms with Crippen LogP contribution >= 0.6 is 0 Å². The first-order chi connectivity index (χ1) is 8.72. The quantitative estimate of drug-likeness (QED) is 0.548. The SMILES string of the molecule is CN(C=N)c1ccc(N=C2CC(CO)=NN2)cc1. The number of amidine groups is 1.